The maximum absolute atomic E-state index is 12.3. The number of β-lactam (4-membered cyclic amide) rings is 1. The monoisotopic (exact) mass is 536 g/mol. The first-order valence-corrected chi connectivity index (χ1v) is 12.3. The fraction of sp³-hybridized carbons (Fsp3) is 0.583. The van der Waals surface area contributed by atoms with Crippen molar-refractivity contribution in [2.45, 2.75) is 43.7 Å². The molecule has 2 aliphatic rings. The smallest absolute Gasteiger partial charge is 0.260 e. The van der Waals surface area contributed by atoms with E-state index in [2.05, 4.69) is 10.3 Å². The zero-order chi connectivity index (χ0) is 27.1. The van der Waals surface area contributed by atoms with Crippen molar-refractivity contribution in [1.29, 1.82) is 0 Å². The summed E-state index contributed by atoms with van der Waals surface area (Å²) in [7, 11) is 0. The van der Waals surface area contributed by atoms with Gasteiger partial charge in [0.2, 0.25) is 5.91 Å². The molecule has 2 unspecified atom stereocenters. The summed E-state index contributed by atoms with van der Waals surface area (Å²) in [4.78, 5) is 24.9. The number of benzene rings is 1. The van der Waals surface area contributed by atoms with Crippen LogP contribution in [0.2, 0.25) is 0 Å². The van der Waals surface area contributed by atoms with Gasteiger partial charge in [0.25, 0.3) is 5.91 Å². The van der Waals surface area contributed by atoms with E-state index in [0.29, 0.717) is 50.6 Å². The summed E-state index contributed by atoms with van der Waals surface area (Å²) >= 11 is 0. The molecule has 2 aliphatic heterocycles. The van der Waals surface area contributed by atoms with Crippen molar-refractivity contribution in [1.82, 2.24) is 19.9 Å². The highest BCUT2D eigenvalue weighted by atomic mass is 16.7. The minimum absolute atomic E-state index is 0.0654. The molecule has 1 aromatic carbocycles. The van der Waals surface area contributed by atoms with Crippen LogP contribution in [0.3, 0.4) is 0 Å². The Morgan fingerprint density at radius 3 is 2.37 bits per heavy atom. The van der Waals surface area contributed by atoms with E-state index in [1.54, 1.807) is 35.1 Å². The maximum atomic E-state index is 12.3. The first kappa shape index (κ1) is 28.2. The van der Waals surface area contributed by atoms with Gasteiger partial charge in [0.15, 0.2) is 6.29 Å². The number of hydrogen-bond donors (Lipinski definition) is 4. The summed E-state index contributed by atoms with van der Waals surface area (Å²) in [6.07, 6.45) is -4.39. The van der Waals surface area contributed by atoms with Gasteiger partial charge in [-0.15, -0.1) is 5.10 Å². The summed E-state index contributed by atoms with van der Waals surface area (Å²) in [5.74, 6) is -0.449. The van der Waals surface area contributed by atoms with E-state index in [1.165, 1.54) is 4.90 Å². The lowest BCUT2D eigenvalue weighted by molar-refractivity contribution is -0.302. The molecule has 4 N–H and O–H groups in total. The normalized spacial score (nSPS) is 25.4. The lowest BCUT2D eigenvalue weighted by atomic mass is 9.99. The molecular weight excluding hydrogens is 504 g/mol. The van der Waals surface area contributed by atoms with Crippen LogP contribution in [0.5, 0.6) is 0 Å². The second kappa shape index (κ2) is 13.3. The number of nitrogens with zero attached hydrogens (tertiary/aromatic N) is 4. The molecule has 14 heteroatoms. The van der Waals surface area contributed by atoms with Gasteiger partial charge < -0.3 is 39.4 Å². The van der Waals surface area contributed by atoms with Crippen molar-refractivity contribution in [2.75, 3.05) is 46.2 Å². The van der Waals surface area contributed by atoms with Crippen molar-refractivity contribution < 1.29 is 49.0 Å². The molecule has 2 saturated heterocycles. The Labute approximate surface area is 218 Å². The van der Waals surface area contributed by atoms with E-state index in [9.17, 15) is 30.0 Å². The summed E-state index contributed by atoms with van der Waals surface area (Å²) in [6, 6.07) is 6.86. The zero-order valence-corrected chi connectivity index (χ0v) is 20.7. The molecule has 14 nitrogen and oxygen atoms in total. The Bertz CT molecular complexity index is 1060. The van der Waals surface area contributed by atoms with Crippen LogP contribution in [0, 0.1) is 0 Å². The first-order valence-electron chi connectivity index (χ1n) is 12.3. The predicted octanol–water partition coefficient (Wildman–Crippen LogP) is -1.83. The Morgan fingerprint density at radius 2 is 1.71 bits per heavy atom. The number of aromatic nitrogens is 3. The predicted molar refractivity (Wildman–Crippen MR) is 127 cm³/mol. The van der Waals surface area contributed by atoms with Crippen LogP contribution in [-0.4, -0.2) is 129 Å². The molecule has 2 aromatic rings. The van der Waals surface area contributed by atoms with Gasteiger partial charge in [-0.2, -0.15) is 0 Å². The van der Waals surface area contributed by atoms with E-state index < -0.39 is 37.3 Å². The van der Waals surface area contributed by atoms with Gasteiger partial charge in [-0.3, -0.25) is 14.5 Å². The zero-order valence-electron chi connectivity index (χ0n) is 20.7. The molecule has 38 heavy (non-hydrogen) atoms. The number of carbonyl (C=O) groups is 2. The van der Waals surface area contributed by atoms with Crippen molar-refractivity contribution in [3.8, 4) is 11.3 Å². The average molecular weight is 537 g/mol. The van der Waals surface area contributed by atoms with E-state index in [1.807, 2.05) is 0 Å². The number of carbonyl (C=O) groups excluding carboxylic acids is 2. The number of aliphatic hydroxyl groups excluding tert-OH is 4. The molecular formula is C24H32N4O10. The van der Waals surface area contributed by atoms with Gasteiger partial charge in [-0.25, -0.2) is 4.68 Å². The highest BCUT2D eigenvalue weighted by Crippen LogP contribution is 2.22. The van der Waals surface area contributed by atoms with Crippen molar-refractivity contribution in [2.24, 2.45) is 0 Å². The summed E-state index contributed by atoms with van der Waals surface area (Å²) in [6.45, 7) is 1.67. The molecule has 1 aromatic heterocycles. The molecule has 0 aliphatic carbocycles. The fourth-order valence-electron chi connectivity index (χ4n) is 3.92. The molecule has 4 rings (SSSR count). The highest BCUT2D eigenvalue weighted by molar-refractivity contribution is 6.07. The van der Waals surface area contributed by atoms with Crippen LogP contribution >= 0.6 is 0 Å². The number of hydrogen-bond acceptors (Lipinski definition) is 12. The third-order valence-corrected chi connectivity index (χ3v) is 6.26. The number of likely N-dealkylation sites (tertiary alicyclic amines) is 1. The molecule has 2 amide bonds. The third-order valence-electron chi connectivity index (χ3n) is 6.26. The quantitative estimate of drug-likeness (QED) is 0.128. The number of imide groups is 1. The highest BCUT2D eigenvalue weighted by Gasteiger charge is 2.43. The van der Waals surface area contributed by atoms with E-state index in [4.69, 9.17) is 18.9 Å². The number of ether oxygens (including phenoxy) is 4. The molecule has 0 saturated carbocycles. The Hall–Kier alpha value is -2.82. The Morgan fingerprint density at radius 1 is 1.00 bits per heavy atom. The number of aliphatic hydroxyl groups is 4. The van der Waals surface area contributed by atoms with Crippen LogP contribution < -0.4 is 0 Å². The van der Waals surface area contributed by atoms with Crippen molar-refractivity contribution in [3.05, 3.63) is 36.0 Å². The van der Waals surface area contributed by atoms with Crippen LogP contribution in [0.4, 0.5) is 0 Å². The average Bonchev–Trinajstić information content (AvgIpc) is 3.40. The van der Waals surface area contributed by atoms with E-state index in [0.717, 1.165) is 5.56 Å². The second-order valence-electron chi connectivity index (χ2n) is 8.84. The third kappa shape index (κ3) is 6.78. The first-order chi connectivity index (χ1) is 18.4. The summed E-state index contributed by atoms with van der Waals surface area (Å²) in [5.41, 5.74) is 1.89. The molecule has 5 atom stereocenters. The molecule has 0 bridgehead atoms. The molecule has 2 fully saturated rings. The second-order valence-corrected chi connectivity index (χ2v) is 8.84. The van der Waals surface area contributed by atoms with Gasteiger partial charge in [-0.05, 0) is 12.1 Å². The lowest BCUT2D eigenvalue weighted by Gasteiger charge is -2.39. The molecule has 0 spiro atoms. The van der Waals surface area contributed by atoms with Crippen LogP contribution in [0.1, 0.15) is 16.8 Å². The van der Waals surface area contributed by atoms with Gasteiger partial charge >= 0.3 is 0 Å². The topological polar surface area (TPSA) is 186 Å². The Kier molecular flexibility index (Phi) is 9.87. The standard InChI is InChI=1S/C24H32N4O10/c29-14-18-20(31)21(32)22(33)24(38-18)37-12-11-36-10-9-35-8-7-27-13-17(25-26-27)15-1-3-16(4-2-15)23(34)28-6-5-19(28)30/h1-4,13,18,20-22,24,29,31-33H,5-12,14H2/t18-,20?,21+,22+,24?/m1/s1. The van der Waals surface area contributed by atoms with Crippen LogP contribution in [0.25, 0.3) is 11.3 Å². The van der Waals surface area contributed by atoms with Crippen molar-refractivity contribution >= 4 is 11.8 Å². The fourth-order valence-corrected chi connectivity index (χ4v) is 3.92. The number of amides is 2. The Balaban J connectivity index is 1.08. The van der Waals surface area contributed by atoms with Gasteiger partial charge in [0.05, 0.1) is 52.4 Å². The van der Waals surface area contributed by atoms with Crippen LogP contribution in [0.15, 0.2) is 30.5 Å². The SMILES string of the molecule is O=C1CCN1C(=O)c1ccc(-c2cn(CCOCCOCCOC3O[C@H](CO)C(O)[C@H](O)[C@@H]3O)nn2)cc1. The van der Waals surface area contributed by atoms with Crippen LogP contribution in [-0.2, 0) is 30.3 Å². The summed E-state index contributed by atoms with van der Waals surface area (Å²) < 4.78 is 23.2. The molecule has 0 radical (unpaired) electrons. The van der Waals surface area contributed by atoms with E-state index in [-0.39, 0.29) is 25.0 Å². The molecule has 208 valence electrons. The van der Waals surface area contributed by atoms with Gasteiger partial charge in [0, 0.05) is 24.1 Å². The summed E-state index contributed by atoms with van der Waals surface area (Å²) in [5, 5.41) is 46.8. The van der Waals surface area contributed by atoms with Gasteiger partial charge in [0.1, 0.15) is 30.1 Å². The van der Waals surface area contributed by atoms with Gasteiger partial charge in [-0.1, -0.05) is 17.3 Å². The minimum Gasteiger partial charge on any atom is -0.394 e. The largest absolute Gasteiger partial charge is 0.394 e. The molecule has 3 heterocycles. The number of rotatable bonds is 13. The maximum Gasteiger partial charge on any atom is 0.260 e. The minimum atomic E-state index is -1.49. The van der Waals surface area contributed by atoms with Crippen molar-refractivity contribution in [3.63, 3.8) is 0 Å². The lowest BCUT2D eigenvalue weighted by Crippen LogP contribution is -2.59. The van der Waals surface area contributed by atoms with E-state index >= 15 is 0 Å².